The molecule has 0 unspecified atom stereocenters. The van der Waals surface area contributed by atoms with Crippen molar-refractivity contribution in [3.05, 3.63) is 48.5 Å². The molecule has 0 aliphatic heterocycles. The first-order chi connectivity index (χ1) is 9.16. The van der Waals surface area contributed by atoms with Crippen LogP contribution in [0.15, 0.2) is 43.0 Å². The van der Waals surface area contributed by atoms with Gasteiger partial charge in [0.15, 0.2) is 6.04 Å². The standard InChI is InChI=1S/C12H12N4O3/c17-10(6-16-8-13-7-14-16)15-11(12(18)19)9-4-2-1-3-5-9/h1-5,7-8,11H,6H2,(H,15,17)(H,18,19)/t11-/m0/s1. The largest absolute Gasteiger partial charge is 0.479 e. The number of nitrogens with one attached hydrogen (secondary N) is 1. The second kappa shape index (κ2) is 5.76. The first kappa shape index (κ1) is 12.7. The van der Waals surface area contributed by atoms with Gasteiger partial charge in [0.1, 0.15) is 19.2 Å². The second-order valence-electron chi connectivity index (χ2n) is 3.84. The lowest BCUT2D eigenvalue weighted by atomic mass is 10.1. The van der Waals surface area contributed by atoms with E-state index in [0.29, 0.717) is 5.56 Å². The highest BCUT2D eigenvalue weighted by molar-refractivity contribution is 5.84. The number of carboxylic acid groups (broad SMARTS) is 1. The minimum atomic E-state index is -1.11. The van der Waals surface area contributed by atoms with E-state index in [9.17, 15) is 9.59 Å². The molecular formula is C12H12N4O3. The topological polar surface area (TPSA) is 97.1 Å². The van der Waals surface area contributed by atoms with Crippen LogP contribution in [0.25, 0.3) is 0 Å². The molecule has 7 heteroatoms. The van der Waals surface area contributed by atoms with Gasteiger partial charge in [-0.05, 0) is 5.56 Å². The number of carbonyl (C=O) groups excluding carboxylic acids is 1. The van der Waals surface area contributed by atoms with Gasteiger partial charge in [0.25, 0.3) is 0 Å². The van der Waals surface area contributed by atoms with Gasteiger partial charge in [-0.3, -0.25) is 4.79 Å². The van der Waals surface area contributed by atoms with Crippen LogP contribution in [0.2, 0.25) is 0 Å². The van der Waals surface area contributed by atoms with E-state index in [0.717, 1.165) is 0 Å². The number of hydrogen-bond acceptors (Lipinski definition) is 4. The van der Waals surface area contributed by atoms with Crippen LogP contribution in [0.4, 0.5) is 0 Å². The summed E-state index contributed by atoms with van der Waals surface area (Å²) in [5.41, 5.74) is 0.516. The first-order valence-corrected chi connectivity index (χ1v) is 5.56. The molecule has 1 amide bonds. The molecule has 19 heavy (non-hydrogen) atoms. The Kier molecular flexibility index (Phi) is 3.87. The van der Waals surface area contributed by atoms with E-state index in [4.69, 9.17) is 5.11 Å². The summed E-state index contributed by atoms with van der Waals surface area (Å²) in [4.78, 5) is 26.6. The highest BCUT2D eigenvalue weighted by Gasteiger charge is 2.21. The Hall–Kier alpha value is -2.70. The molecule has 0 radical (unpaired) electrons. The molecule has 2 aromatic rings. The van der Waals surface area contributed by atoms with Crippen molar-refractivity contribution < 1.29 is 14.7 Å². The van der Waals surface area contributed by atoms with Crippen LogP contribution in [0.1, 0.15) is 11.6 Å². The molecule has 1 aromatic carbocycles. The molecule has 0 fully saturated rings. The Labute approximate surface area is 108 Å². The van der Waals surface area contributed by atoms with E-state index in [1.54, 1.807) is 30.3 Å². The fourth-order valence-electron chi connectivity index (χ4n) is 1.60. The lowest BCUT2D eigenvalue weighted by molar-refractivity contribution is -0.142. The summed E-state index contributed by atoms with van der Waals surface area (Å²) in [5, 5.41) is 15.4. The molecule has 0 saturated heterocycles. The molecule has 0 aliphatic carbocycles. The van der Waals surface area contributed by atoms with Crippen LogP contribution in [-0.4, -0.2) is 31.7 Å². The lowest BCUT2D eigenvalue weighted by Crippen LogP contribution is -2.35. The number of hydrogen-bond donors (Lipinski definition) is 2. The summed E-state index contributed by atoms with van der Waals surface area (Å²) in [7, 11) is 0. The number of carbonyl (C=O) groups is 2. The van der Waals surface area contributed by atoms with Crippen molar-refractivity contribution in [1.29, 1.82) is 0 Å². The predicted octanol–water partition coefficient (Wildman–Crippen LogP) is 0.220. The van der Waals surface area contributed by atoms with Crippen LogP contribution in [0.3, 0.4) is 0 Å². The summed E-state index contributed by atoms with van der Waals surface area (Å²) in [6.45, 7) is -0.0728. The Morgan fingerprint density at radius 1 is 1.32 bits per heavy atom. The minimum Gasteiger partial charge on any atom is -0.479 e. The fourth-order valence-corrected chi connectivity index (χ4v) is 1.60. The number of nitrogens with zero attached hydrogens (tertiary/aromatic N) is 3. The van der Waals surface area contributed by atoms with E-state index < -0.39 is 17.9 Å². The van der Waals surface area contributed by atoms with Crippen molar-refractivity contribution >= 4 is 11.9 Å². The van der Waals surface area contributed by atoms with Gasteiger partial charge in [0, 0.05) is 0 Å². The number of amides is 1. The van der Waals surface area contributed by atoms with E-state index in [1.165, 1.54) is 17.3 Å². The molecule has 0 saturated carbocycles. The van der Waals surface area contributed by atoms with Gasteiger partial charge in [-0.1, -0.05) is 30.3 Å². The summed E-state index contributed by atoms with van der Waals surface area (Å²) in [5.74, 6) is -1.56. The molecule has 2 N–H and O–H groups in total. The quantitative estimate of drug-likeness (QED) is 0.801. The van der Waals surface area contributed by atoms with E-state index >= 15 is 0 Å². The highest BCUT2D eigenvalue weighted by Crippen LogP contribution is 2.12. The number of aliphatic carboxylic acids is 1. The third kappa shape index (κ3) is 3.38. The van der Waals surface area contributed by atoms with E-state index in [-0.39, 0.29) is 6.54 Å². The van der Waals surface area contributed by atoms with E-state index in [1.807, 2.05) is 0 Å². The molecule has 1 heterocycles. The van der Waals surface area contributed by atoms with Crippen molar-refractivity contribution in [2.75, 3.05) is 0 Å². The Morgan fingerprint density at radius 3 is 2.63 bits per heavy atom. The predicted molar refractivity (Wildman–Crippen MR) is 65.0 cm³/mol. The van der Waals surface area contributed by atoms with Gasteiger partial charge in [-0.2, -0.15) is 5.10 Å². The monoisotopic (exact) mass is 260 g/mol. The maximum Gasteiger partial charge on any atom is 0.330 e. The molecule has 98 valence electrons. The number of rotatable bonds is 5. The Balaban J connectivity index is 2.05. The zero-order chi connectivity index (χ0) is 13.7. The number of aromatic nitrogens is 3. The van der Waals surface area contributed by atoms with Gasteiger partial charge in [-0.25, -0.2) is 14.5 Å². The Morgan fingerprint density at radius 2 is 2.05 bits per heavy atom. The fraction of sp³-hybridized carbons (Fsp3) is 0.167. The van der Waals surface area contributed by atoms with Crippen molar-refractivity contribution in [2.24, 2.45) is 0 Å². The molecule has 0 bridgehead atoms. The average Bonchev–Trinajstić information content (AvgIpc) is 2.89. The molecule has 7 nitrogen and oxygen atoms in total. The highest BCUT2D eigenvalue weighted by atomic mass is 16.4. The molecule has 0 spiro atoms. The van der Waals surface area contributed by atoms with Crippen LogP contribution in [0.5, 0.6) is 0 Å². The van der Waals surface area contributed by atoms with Gasteiger partial charge in [-0.15, -0.1) is 0 Å². The molecular weight excluding hydrogens is 248 g/mol. The van der Waals surface area contributed by atoms with Crippen LogP contribution >= 0.6 is 0 Å². The van der Waals surface area contributed by atoms with E-state index in [2.05, 4.69) is 15.4 Å². The zero-order valence-electron chi connectivity index (χ0n) is 9.93. The van der Waals surface area contributed by atoms with Crippen molar-refractivity contribution in [1.82, 2.24) is 20.1 Å². The normalized spacial score (nSPS) is 11.8. The molecule has 1 atom stereocenters. The zero-order valence-corrected chi connectivity index (χ0v) is 9.93. The molecule has 0 aliphatic rings. The smallest absolute Gasteiger partial charge is 0.330 e. The third-order valence-electron chi connectivity index (χ3n) is 2.46. The summed E-state index contributed by atoms with van der Waals surface area (Å²) in [6.07, 6.45) is 2.69. The van der Waals surface area contributed by atoms with Gasteiger partial charge >= 0.3 is 5.97 Å². The average molecular weight is 260 g/mol. The van der Waals surface area contributed by atoms with Crippen molar-refractivity contribution in [2.45, 2.75) is 12.6 Å². The van der Waals surface area contributed by atoms with Crippen molar-refractivity contribution in [3.63, 3.8) is 0 Å². The SMILES string of the molecule is O=C(Cn1cncn1)N[C@H](C(=O)O)c1ccccc1. The van der Waals surface area contributed by atoms with Crippen LogP contribution in [-0.2, 0) is 16.1 Å². The maximum atomic E-state index is 11.7. The minimum absolute atomic E-state index is 0.0728. The lowest BCUT2D eigenvalue weighted by Gasteiger charge is -2.14. The van der Waals surface area contributed by atoms with Crippen molar-refractivity contribution in [3.8, 4) is 0 Å². The maximum absolute atomic E-state index is 11.7. The summed E-state index contributed by atoms with van der Waals surface area (Å²) >= 11 is 0. The molecule has 2 rings (SSSR count). The number of benzene rings is 1. The summed E-state index contributed by atoms with van der Waals surface area (Å²) in [6, 6.07) is 7.43. The van der Waals surface area contributed by atoms with Gasteiger partial charge < -0.3 is 10.4 Å². The molecule has 1 aromatic heterocycles. The Bertz CT molecular complexity index is 554. The third-order valence-corrected chi connectivity index (χ3v) is 2.46. The van der Waals surface area contributed by atoms with Crippen LogP contribution in [0, 0.1) is 0 Å². The number of carboxylic acids is 1. The van der Waals surface area contributed by atoms with Crippen LogP contribution < -0.4 is 5.32 Å². The van der Waals surface area contributed by atoms with Gasteiger partial charge in [0.2, 0.25) is 5.91 Å². The van der Waals surface area contributed by atoms with Gasteiger partial charge in [0.05, 0.1) is 0 Å². The first-order valence-electron chi connectivity index (χ1n) is 5.56. The summed E-state index contributed by atoms with van der Waals surface area (Å²) < 4.78 is 1.32. The second-order valence-corrected chi connectivity index (χ2v) is 3.84.